The molecule has 1 unspecified atom stereocenters. The highest BCUT2D eigenvalue weighted by molar-refractivity contribution is 5.82. The number of carbonyl (C=O) groups excluding carboxylic acids is 2. The van der Waals surface area contributed by atoms with Gasteiger partial charge in [0.2, 0.25) is 11.8 Å². The molecule has 2 fully saturated rings. The third-order valence-electron chi connectivity index (χ3n) is 5.15. The molecule has 2 aromatic rings. The Morgan fingerprint density at radius 1 is 1.12 bits per heavy atom. The number of rotatable bonds is 3. The zero-order chi connectivity index (χ0) is 17.9. The smallest absolute Gasteiger partial charge is 0.244 e. The minimum Gasteiger partial charge on any atom is -0.378 e. The highest BCUT2D eigenvalue weighted by Gasteiger charge is 2.32. The average molecular weight is 357 g/mol. The van der Waals surface area contributed by atoms with Crippen LogP contribution in [0.15, 0.2) is 24.3 Å². The minimum atomic E-state index is -0.113. The van der Waals surface area contributed by atoms with Gasteiger partial charge in [-0.1, -0.05) is 17.3 Å². The zero-order valence-corrected chi connectivity index (χ0v) is 14.7. The molecule has 2 saturated heterocycles. The van der Waals surface area contributed by atoms with Crippen LogP contribution < -0.4 is 0 Å². The Morgan fingerprint density at radius 3 is 2.77 bits per heavy atom. The largest absolute Gasteiger partial charge is 0.378 e. The van der Waals surface area contributed by atoms with E-state index in [9.17, 15) is 9.59 Å². The summed E-state index contributed by atoms with van der Waals surface area (Å²) < 4.78 is 6.95. The fourth-order valence-corrected chi connectivity index (χ4v) is 3.71. The Hall–Kier alpha value is -2.48. The van der Waals surface area contributed by atoms with E-state index in [1.54, 1.807) is 9.58 Å². The van der Waals surface area contributed by atoms with Gasteiger partial charge in [0.25, 0.3) is 0 Å². The molecule has 26 heavy (non-hydrogen) atoms. The Bertz CT molecular complexity index is 799. The number of hydrogen-bond donors (Lipinski definition) is 0. The molecule has 0 aliphatic carbocycles. The van der Waals surface area contributed by atoms with E-state index in [2.05, 4.69) is 10.3 Å². The molecule has 0 radical (unpaired) electrons. The fraction of sp³-hybridized carbons (Fsp3) is 0.556. The van der Waals surface area contributed by atoms with E-state index < -0.39 is 0 Å². The SMILES string of the molecule is O=C(Cn1nnc2ccccc21)N1CCCC(C(=O)N2CCOCC2)C1. The van der Waals surface area contributed by atoms with Crippen LogP contribution in [-0.2, 0) is 20.9 Å². The van der Waals surface area contributed by atoms with Crippen molar-refractivity contribution >= 4 is 22.8 Å². The zero-order valence-electron chi connectivity index (χ0n) is 14.7. The molecule has 2 aliphatic rings. The van der Waals surface area contributed by atoms with Crippen molar-refractivity contribution in [3.63, 3.8) is 0 Å². The van der Waals surface area contributed by atoms with Crippen molar-refractivity contribution in [2.24, 2.45) is 5.92 Å². The second kappa shape index (κ2) is 7.41. The summed E-state index contributed by atoms with van der Waals surface area (Å²) in [5.74, 6) is 0.0235. The molecule has 0 spiro atoms. The second-order valence-corrected chi connectivity index (χ2v) is 6.85. The van der Waals surface area contributed by atoms with Crippen LogP contribution in [0.4, 0.5) is 0 Å². The number of aromatic nitrogens is 3. The molecule has 0 saturated carbocycles. The fourth-order valence-electron chi connectivity index (χ4n) is 3.71. The maximum atomic E-state index is 12.7. The van der Waals surface area contributed by atoms with Crippen molar-refractivity contribution in [3.8, 4) is 0 Å². The summed E-state index contributed by atoms with van der Waals surface area (Å²) >= 11 is 0. The number of amides is 2. The first-order valence-corrected chi connectivity index (χ1v) is 9.15. The summed E-state index contributed by atoms with van der Waals surface area (Å²) in [5, 5.41) is 8.18. The summed E-state index contributed by atoms with van der Waals surface area (Å²) in [6, 6.07) is 7.59. The highest BCUT2D eigenvalue weighted by atomic mass is 16.5. The van der Waals surface area contributed by atoms with Gasteiger partial charge in [-0.3, -0.25) is 9.59 Å². The summed E-state index contributed by atoms with van der Waals surface area (Å²) in [4.78, 5) is 29.1. The monoisotopic (exact) mass is 357 g/mol. The van der Waals surface area contributed by atoms with E-state index >= 15 is 0 Å². The van der Waals surface area contributed by atoms with Crippen LogP contribution in [0.5, 0.6) is 0 Å². The normalized spacial score (nSPS) is 21.2. The van der Waals surface area contributed by atoms with Crippen molar-refractivity contribution in [2.45, 2.75) is 19.4 Å². The van der Waals surface area contributed by atoms with Crippen molar-refractivity contribution in [2.75, 3.05) is 39.4 Å². The van der Waals surface area contributed by atoms with Crippen LogP contribution in [0.3, 0.4) is 0 Å². The second-order valence-electron chi connectivity index (χ2n) is 6.85. The number of para-hydroxylation sites is 1. The van der Waals surface area contributed by atoms with Gasteiger partial charge in [-0.25, -0.2) is 4.68 Å². The number of nitrogens with zero attached hydrogens (tertiary/aromatic N) is 5. The number of fused-ring (bicyclic) bond motifs is 1. The van der Waals surface area contributed by atoms with Crippen molar-refractivity contribution in [1.82, 2.24) is 24.8 Å². The lowest BCUT2D eigenvalue weighted by Gasteiger charge is -2.36. The predicted octanol–water partition coefficient (Wildman–Crippen LogP) is 0.529. The van der Waals surface area contributed by atoms with Crippen LogP contribution >= 0.6 is 0 Å². The summed E-state index contributed by atoms with van der Waals surface area (Å²) in [6.45, 7) is 3.82. The van der Waals surface area contributed by atoms with Crippen molar-refractivity contribution < 1.29 is 14.3 Å². The van der Waals surface area contributed by atoms with Crippen LogP contribution in [0, 0.1) is 5.92 Å². The molecular weight excluding hydrogens is 334 g/mol. The van der Waals surface area contributed by atoms with E-state index in [0.717, 1.165) is 23.9 Å². The third-order valence-corrected chi connectivity index (χ3v) is 5.15. The van der Waals surface area contributed by atoms with Gasteiger partial charge in [0.1, 0.15) is 12.1 Å². The predicted molar refractivity (Wildman–Crippen MR) is 94.2 cm³/mol. The Kier molecular flexibility index (Phi) is 4.83. The molecule has 3 heterocycles. The number of hydrogen-bond acceptors (Lipinski definition) is 5. The van der Waals surface area contributed by atoms with Crippen molar-refractivity contribution in [3.05, 3.63) is 24.3 Å². The molecular formula is C18H23N5O3. The van der Waals surface area contributed by atoms with Crippen LogP contribution in [-0.4, -0.2) is 76.0 Å². The van der Waals surface area contributed by atoms with E-state index in [1.165, 1.54) is 0 Å². The van der Waals surface area contributed by atoms with Gasteiger partial charge in [0.05, 0.1) is 24.6 Å². The van der Waals surface area contributed by atoms with E-state index in [1.807, 2.05) is 29.2 Å². The quantitative estimate of drug-likeness (QED) is 0.800. The summed E-state index contributed by atoms with van der Waals surface area (Å²) in [7, 11) is 0. The molecule has 8 heteroatoms. The number of benzene rings is 1. The molecule has 1 aromatic carbocycles. The lowest BCUT2D eigenvalue weighted by molar-refractivity contribution is -0.144. The molecule has 8 nitrogen and oxygen atoms in total. The van der Waals surface area contributed by atoms with Crippen molar-refractivity contribution in [1.29, 1.82) is 0 Å². The molecule has 0 N–H and O–H groups in total. The molecule has 138 valence electrons. The van der Waals surface area contributed by atoms with Gasteiger partial charge in [-0.2, -0.15) is 0 Å². The van der Waals surface area contributed by atoms with Gasteiger partial charge < -0.3 is 14.5 Å². The van der Waals surface area contributed by atoms with Gasteiger partial charge in [-0.15, -0.1) is 5.10 Å². The first kappa shape index (κ1) is 17.0. The van der Waals surface area contributed by atoms with Gasteiger partial charge in [0, 0.05) is 26.2 Å². The number of ether oxygens (including phenoxy) is 1. The third kappa shape index (κ3) is 3.41. The van der Waals surface area contributed by atoms with Gasteiger partial charge in [0.15, 0.2) is 0 Å². The van der Waals surface area contributed by atoms with E-state index in [4.69, 9.17) is 4.74 Å². The number of carbonyl (C=O) groups is 2. The number of morpholine rings is 1. The Labute approximate surface area is 151 Å². The first-order chi connectivity index (χ1) is 12.7. The number of piperidine rings is 1. The lowest BCUT2D eigenvalue weighted by atomic mass is 9.96. The maximum Gasteiger partial charge on any atom is 0.244 e. The minimum absolute atomic E-state index is 0.0138. The first-order valence-electron chi connectivity index (χ1n) is 9.15. The van der Waals surface area contributed by atoms with Crippen LogP contribution in [0.2, 0.25) is 0 Å². The van der Waals surface area contributed by atoms with Crippen LogP contribution in [0.1, 0.15) is 12.8 Å². The standard InChI is InChI=1S/C18H23N5O3/c24-17(13-23-16-6-2-1-5-15(16)19-20-23)22-7-3-4-14(12-22)18(25)21-8-10-26-11-9-21/h1-2,5-6,14H,3-4,7-13H2. The van der Waals surface area contributed by atoms with Gasteiger partial charge in [-0.05, 0) is 25.0 Å². The number of likely N-dealkylation sites (tertiary alicyclic amines) is 1. The Balaban J connectivity index is 1.40. The average Bonchev–Trinajstić information content (AvgIpc) is 3.11. The molecule has 2 amide bonds. The topological polar surface area (TPSA) is 80.6 Å². The maximum absolute atomic E-state index is 12.7. The molecule has 1 atom stereocenters. The van der Waals surface area contributed by atoms with Gasteiger partial charge >= 0.3 is 0 Å². The van der Waals surface area contributed by atoms with Crippen LogP contribution in [0.25, 0.3) is 11.0 Å². The summed E-state index contributed by atoms with van der Waals surface area (Å²) in [6.07, 6.45) is 1.69. The Morgan fingerprint density at radius 2 is 1.92 bits per heavy atom. The molecule has 4 rings (SSSR count). The molecule has 2 aliphatic heterocycles. The van der Waals surface area contributed by atoms with E-state index in [0.29, 0.717) is 39.4 Å². The molecule has 0 bridgehead atoms. The highest BCUT2D eigenvalue weighted by Crippen LogP contribution is 2.20. The lowest BCUT2D eigenvalue weighted by Crippen LogP contribution is -2.50. The molecule has 1 aromatic heterocycles. The summed E-state index contributed by atoms with van der Waals surface area (Å²) in [5.41, 5.74) is 1.62. The van der Waals surface area contributed by atoms with E-state index in [-0.39, 0.29) is 24.3 Å².